The van der Waals surface area contributed by atoms with E-state index in [0.29, 0.717) is 30.6 Å². The van der Waals surface area contributed by atoms with Gasteiger partial charge in [0, 0.05) is 19.0 Å². The number of hydrogen-bond donors (Lipinski definition) is 0. The quantitative estimate of drug-likeness (QED) is 0.747. The van der Waals surface area contributed by atoms with Gasteiger partial charge in [-0.1, -0.05) is 37.3 Å². The average molecular weight is 357 g/mol. The summed E-state index contributed by atoms with van der Waals surface area (Å²) in [6.07, 6.45) is 8.09. The highest BCUT2D eigenvalue weighted by atomic mass is 16.5. The van der Waals surface area contributed by atoms with E-state index in [-0.39, 0.29) is 5.91 Å². The summed E-state index contributed by atoms with van der Waals surface area (Å²) in [6, 6.07) is 7.47. The third-order valence-corrected chi connectivity index (χ3v) is 5.11. The van der Waals surface area contributed by atoms with Crippen LogP contribution >= 0.6 is 0 Å². The monoisotopic (exact) mass is 357 g/mol. The van der Waals surface area contributed by atoms with Crippen molar-refractivity contribution in [1.29, 1.82) is 0 Å². The second kappa shape index (κ2) is 8.83. The number of carbonyl (C=O) groups is 1. The molecule has 0 unspecified atom stereocenters. The molecule has 6 nitrogen and oxygen atoms in total. The van der Waals surface area contributed by atoms with Gasteiger partial charge in [-0.2, -0.15) is 4.98 Å². The predicted octanol–water partition coefficient (Wildman–Crippen LogP) is 4.06. The topological polar surface area (TPSA) is 68.5 Å². The molecule has 1 amide bonds. The van der Waals surface area contributed by atoms with Crippen molar-refractivity contribution < 1.29 is 14.1 Å². The molecule has 0 spiro atoms. The smallest absolute Gasteiger partial charge is 0.246 e. The fourth-order valence-electron chi connectivity index (χ4n) is 3.46. The molecule has 1 aromatic carbocycles. The van der Waals surface area contributed by atoms with Crippen LogP contribution in [0.3, 0.4) is 0 Å². The number of carbonyl (C=O) groups excluding carboxylic acids is 1. The number of benzene rings is 1. The van der Waals surface area contributed by atoms with Crippen LogP contribution in [0.1, 0.15) is 50.8 Å². The molecule has 0 saturated heterocycles. The molecule has 2 aromatic rings. The van der Waals surface area contributed by atoms with Gasteiger partial charge in [0.2, 0.25) is 17.6 Å². The van der Waals surface area contributed by atoms with Gasteiger partial charge in [0.05, 0.1) is 13.7 Å². The first-order valence-corrected chi connectivity index (χ1v) is 9.36. The molecule has 0 bridgehead atoms. The minimum absolute atomic E-state index is 0.139. The second-order valence-corrected chi connectivity index (χ2v) is 7.03. The summed E-state index contributed by atoms with van der Waals surface area (Å²) >= 11 is 0. The van der Waals surface area contributed by atoms with Gasteiger partial charge in [-0.05, 0) is 36.6 Å². The fourth-order valence-corrected chi connectivity index (χ4v) is 3.46. The Morgan fingerprint density at radius 1 is 1.23 bits per heavy atom. The van der Waals surface area contributed by atoms with E-state index in [1.807, 2.05) is 24.3 Å². The summed E-state index contributed by atoms with van der Waals surface area (Å²) in [4.78, 5) is 18.4. The molecule has 1 fully saturated rings. The number of rotatable bonds is 7. The van der Waals surface area contributed by atoms with Crippen molar-refractivity contribution in [3.8, 4) is 17.1 Å². The molecule has 0 aliphatic heterocycles. The Hall–Kier alpha value is -2.37. The molecule has 6 heteroatoms. The molecule has 1 aliphatic carbocycles. The molecule has 0 radical (unpaired) electrons. The maximum atomic E-state index is 12.4. The lowest BCUT2D eigenvalue weighted by Crippen LogP contribution is -2.26. The summed E-state index contributed by atoms with van der Waals surface area (Å²) in [5, 5.41) is 4.01. The van der Waals surface area contributed by atoms with E-state index in [4.69, 9.17) is 9.26 Å². The number of amides is 1. The van der Waals surface area contributed by atoms with E-state index in [9.17, 15) is 4.79 Å². The highest BCUT2D eigenvalue weighted by molar-refractivity contribution is 5.75. The van der Waals surface area contributed by atoms with E-state index in [1.165, 1.54) is 32.1 Å². The van der Waals surface area contributed by atoms with Crippen molar-refractivity contribution in [2.75, 3.05) is 14.2 Å². The molecule has 1 saturated carbocycles. The third kappa shape index (κ3) is 4.84. The molecular formula is C20H27N3O3. The molecule has 1 aromatic heterocycles. The Morgan fingerprint density at radius 2 is 1.96 bits per heavy atom. The lowest BCUT2D eigenvalue weighted by atomic mass is 9.86. The van der Waals surface area contributed by atoms with E-state index >= 15 is 0 Å². The van der Waals surface area contributed by atoms with Gasteiger partial charge in [0.25, 0.3) is 0 Å². The van der Waals surface area contributed by atoms with E-state index in [2.05, 4.69) is 10.1 Å². The van der Waals surface area contributed by atoms with Crippen molar-refractivity contribution in [3.05, 3.63) is 30.2 Å². The first-order chi connectivity index (χ1) is 12.7. The van der Waals surface area contributed by atoms with Gasteiger partial charge in [-0.3, -0.25) is 4.79 Å². The fraction of sp³-hybridized carbons (Fsp3) is 0.550. The standard InChI is InChI=1S/C20H27N3O3/c1-23(19(24)13-8-15-6-4-3-5-7-15)14-18-21-20(22-26-18)16-9-11-17(25-2)12-10-16/h9-12,15H,3-8,13-14H2,1-2H3. The lowest BCUT2D eigenvalue weighted by Gasteiger charge is -2.22. The number of hydrogen-bond acceptors (Lipinski definition) is 5. The first-order valence-electron chi connectivity index (χ1n) is 9.36. The first kappa shape index (κ1) is 18.4. The second-order valence-electron chi connectivity index (χ2n) is 7.03. The van der Waals surface area contributed by atoms with Crippen molar-refractivity contribution >= 4 is 5.91 Å². The van der Waals surface area contributed by atoms with Crippen LogP contribution in [0.25, 0.3) is 11.4 Å². The number of aromatic nitrogens is 2. The molecule has 3 rings (SSSR count). The summed E-state index contributed by atoms with van der Waals surface area (Å²) in [7, 11) is 3.42. The van der Waals surface area contributed by atoms with E-state index < -0.39 is 0 Å². The molecule has 0 atom stereocenters. The lowest BCUT2D eigenvalue weighted by molar-refractivity contribution is -0.131. The highest BCUT2D eigenvalue weighted by Gasteiger charge is 2.18. The van der Waals surface area contributed by atoms with Crippen molar-refractivity contribution in [2.45, 2.75) is 51.5 Å². The normalized spacial score (nSPS) is 15.0. The van der Waals surface area contributed by atoms with Crippen LogP contribution in [0, 0.1) is 5.92 Å². The highest BCUT2D eigenvalue weighted by Crippen LogP contribution is 2.27. The zero-order valence-corrected chi connectivity index (χ0v) is 15.6. The van der Waals surface area contributed by atoms with Gasteiger partial charge in [-0.25, -0.2) is 0 Å². The summed E-state index contributed by atoms with van der Waals surface area (Å²) in [6.45, 7) is 0.340. The van der Waals surface area contributed by atoms with Crippen LogP contribution in [0.2, 0.25) is 0 Å². The maximum absolute atomic E-state index is 12.4. The van der Waals surface area contributed by atoms with Crippen LogP contribution in [-0.2, 0) is 11.3 Å². The van der Waals surface area contributed by atoms with Crippen LogP contribution in [-0.4, -0.2) is 35.1 Å². The maximum Gasteiger partial charge on any atom is 0.246 e. The summed E-state index contributed by atoms with van der Waals surface area (Å²) < 4.78 is 10.5. The predicted molar refractivity (Wildman–Crippen MR) is 98.6 cm³/mol. The van der Waals surface area contributed by atoms with Crippen molar-refractivity contribution in [2.24, 2.45) is 5.92 Å². The number of ether oxygens (including phenoxy) is 1. The average Bonchev–Trinajstić information content (AvgIpc) is 3.15. The molecule has 1 aliphatic rings. The molecule has 26 heavy (non-hydrogen) atoms. The van der Waals surface area contributed by atoms with Gasteiger partial charge in [0.1, 0.15) is 5.75 Å². The number of methoxy groups -OCH3 is 1. The zero-order chi connectivity index (χ0) is 18.4. The van der Waals surface area contributed by atoms with E-state index in [0.717, 1.165) is 17.7 Å². The zero-order valence-electron chi connectivity index (χ0n) is 15.6. The van der Waals surface area contributed by atoms with E-state index in [1.54, 1.807) is 19.1 Å². The minimum Gasteiger partial charge on any atom is -0.497 e. The Kier molecular flexibility index (Phi) is 6.26. The molecule has 0 N–H and O–H groups in total. The SMILES string of the molecule is COc1ccc(-c2noc(CN(C)C(=O)CCC3CCCCC3)n2)cc1. The minimum atomic E-state index is 0.139. The Bertz CT molecular complexity index is 705. The van der Waals surface area contributed by atoms with Gasteiger partial charge >= 0.3 is 0 Å². The van der Waals surface area contributed by atoms with Gasteiger partial charge < -0.3 is 14.2 Å². The molecular weight excluding hydrogens is 330 g/mol. The van der Waals surface area contributed by atoms with Crippen LogP contribution < -0.4 is 4.74 Å². The Balaban J connectivity index is 1.51. The summed E-state index contributed by atoms with van der Waals surface area (Å²) in [5.74, 6) is 2.60. The number of nitrogens with zero attached hydrogens (tertiary/aromatic N) is 3. The largest absolute Gasteiger partial charge is 0.497 e. The van der Waals surface area contributed by atoms with Crippen molar-refractivity contribution in [1.82, 2.24) is 15.0 Å². The third-order valence-electron chi connectivity index (χ3n) is 5.11. The van der Waals surface area contributed by atoms with Crippen molar-refractivity contribution in [3.63, 3.8) is 0 Å². The van der Waals surface area contributed by atoms with Crippen LogP contribution in [0.4, 0.5) is 0 Å². The Labute approximate surface area is 154 Å². The molecule has 140 valence electrons. The Morgan fingerprint density at radius 3 is 2.65 bits per heavy atom. The van der Waals surface area contributed by atoms with Gasteiger partial charge in [0.15, 0.2) is 0 Å². The van der Waals surface area contributed by atoms with Gasteiger partial charge in [-0.15, -0.1) is 0 Å². The molecule has 1 heterocycles. The van der Waals surface area contributed by atoms with Crippen LogP contribution in [0.5, 0.6) is 5.75 Å². The van der Waals surface area contributed by atoms with Crippen LogP contribution in [0.15, 0.2) is 28.8 Å². The summed E-state index contributed by atoms with van der Waals surface area (Å²) in [5.41, 5.74) is 0.854.